The molecule has 1 amide bonds. The molecule has 0 saturated heterocycles. The van der Waals surface area contributed by atoms with E-state index < -0.39 is 0 Å². The number of aromatic nitrogens is 1. The Morgan fingerprint density at radius 2 is 1.80 bits per heavy atom. The van der Waals surface area contributed by atoms with E-state index in [-0.39, 0.29) is 11.9 Å². The van der Waals surface area contributed by atoms with Crippen molar-refractivity contribution in [2.24, 2.45) is 0 Å². The van der Waals surface area contributed by atoms with Gasteiger partial charge in [0.2, 0.25) is 5.91 Å². The van der Waals surface area contributed by atoms with E-state index in [1.807, 2.05) is 49.7 Å². The molecule has 1 atom stereocenters. The molecule has 0 aliphatic carbocycles. The van der Waals surface area contributed by atoms with Gasteiger partial charge in [-0.2, -0.15) is 0 Å². The predicted octanol–water partition coefficient (Wildman–Crippen LogP) is 4.88. The van der Waals surface area contributed by atoms with E-state index in [1.165, 1.54) is 5.56 Å². The molecule has 25 heavy (non-hydrogen) atoms. The lowest BCUT2D eigenvalue weighted by molar-refractivity contribution is -0.131. The average Bonchev–Trinajstić information content (AvgIpc) is 3.10. The molecular formula is C21H22N2OS. The molecule has 1 heterocycles. The maximum absolute atomic E-state index is 12.6. The molecule has 0 N–H and O–H groups in total. The minimum atomic E-state index is 0.0453. The lowest BCUT2D eigenvalue weighted by atomic mass is 10.1. The summed E-state index contributed by atoms with van der Waals surface area (Å²) in [5.74, 6) is 0.0807. The Morgan fingerprint density at radius 1 is 1.12 bits per heavy atom. The molecule has 1 unspecified atom stereocenters. The number of benzene rings is 2. The number of rotatable bonds is 5. The molecule has 3 rings (SSSR count). The maximum Gasteiger partial charge on any atom is 0.228 e. The second kappa shape index (κ2) is 7.62. The summed E-state index contributed by atoms with van der Waals surface area (Å²) < 4.78 is 0. The highest BCUT2D eigenvalue weighted by Crippen LogP contribution is 2.25. The van der Waals surface area contributed by atoms with Crippen molar-refractivity contribution >= 4 is 17.2 Å². The zero-order valence-corrected chi connectivity index (χ0v) is 15.6. The van der Waals surface area contributed by atoms with Crippen LogP contribution >= 0.6 is 11.3 Å². The van der Waals surface area contributed by atoms with Crippen LogP contribution in [0.2, 0.25) is 0 Å². The smallest absolute Gasteiger partial charge is 0.228 e. The van der Waals surface area contributed by atoms with Gasteiger partial charge in [0, 0.05) is 18.0 Å². The first-order chi connectivity index (χ1) is 12.0. The Hall–Kier alpha value is -2.46. The van der Waals surface area contributed by atoms with Crippen molar-refractivity contribution in [1.82, 2.24) is 9.88 Å². The van der Waals surface area contributed by atoms with Gasteiger partial charge in [-0.1, -0.05) is 60.2 Å². The van der Waals surface area contributed by atoms with Gasteiger partial charge in [0.1, 0.15) is 5.01 Å². The van der Waals surface area contributed by atoms with Crippen LogP contribution in [-0.4, -0.2) is 22.8 Å². The van der Waals surface area contributed by atoms with E-state index in [1.54, 1.807) is 16.2 Å². The summed E-state index contributed by atoms with van der Waals surface area (Å²) in [6, 6.07) is 18.4. The Labute approximate surface area is 153 Å². The molecule has 4 heteroatoms. The van der Waals surface area contributed by atoms with Crippen LogP contribution < -0.4 is 0 Å². The van der Waals surface area contributed by atoms with Gasteiger partial charge in [-0.3, -0.25) is 4.79 Å². The number of likely N-dealkylation sites (N-methyl/N-ethyl adjacent to an activating group) is 1. The molecule has 1 aromatic heterocycles. The van der Waals surface area contributed by atoms with Crippen molar-refractivity contribution in [3.8, 4) is 10.6 Å². The summed E-state index contributed by atoms with van der Waals surface area (Å²) in [7, 11) is 1.85. The van der Waals surface area contributed by atoms with Gasteiger partial charge in [-0.05, 0) is 19.4 Å². The number of aryl methyl sites for hydroxylation is 1. The van der Waals surface area contributed by atoms with Crippen molar-refractivity contribution in [3.05, 3.63) is 76.8 Å². The molecule has 0 aliphatic rings. The first kappa shape index (κ1) is 17.4. The average molecular weight is 350 g/mol. The van der Waals surface area contributed by atoms with Crippen LogP contribution in [0, 0.1) is 6.92 Å². The molecule has 128 valence electrons. The third kappa shape index (κ3) is 4.15. The Kier molecular flexibility index (Phi) is 5.29. The van der Waals surface area contributed by atoms with E-state index in [9.17, 15) is 4.79 Å². The van der Waals surface area contributed by atoms with E-state index in [2.05, 4.69) is 36.2 Å². The Morgan fingerprint density at radius 3 is 2.48 bits per heavy atom. The van der Waals surface area contributed by atoms with E-state index >= 15 is 0 Å². The third-order valence-electron chi connectivity index (χ3n) is 4.44. The first-order valence-corrected chi connectivity index (χ1v) is 9.24. The normalized spacial score (nSPS) is 12.0. The fourth-order valence-electron chi connectivity index (χ4n) is 2.67. The molecule has 0 fully saturated rings. The monoisotopic (exact) mass is 350 g/mol. The number of amides is 1. The van der Waals surface area contributed by atoms with Crippen LogP contribution in [0.5, 0.6) is 0 Å². The summed E-state index contributed by atoms with van der Waals surface area (Å²) >= 11 is 1.59. The number of carbonyl (C=O) groups is 1. The van der Waals surface area contributed by atoms with Gasteiger partial charge in [-0.15, -0.1) is 11.3 Å². The summed E-state index contributed by atoms with van der Waals surface area (Å²) in [5, 5.41) is 2.94. The molecule has 0 saturated carbocycles. The summed E-state index contributed by atoms with van der Waals surface area (Å²) in [5.41, 5.74) is 4.29. The van der Waals surface area contributed by atoms with Gasteiger partial charge < -0.3 is 4.90 Å². The minimum absolute atomic E-state index is 0.0453. The first-order valence-electron chi connectivity index (χ1n) is 8.36. The van der Waals surface area contributed by atoms with Gasteiger partial charge >= 0.3 is 0 Å². The lowest BCUT2D eigenvalue weighted by Crippen LogP contribution is -2.31. The standard InChI is InChI=1S/C21H22N2OS/c1-15-9-11-18(12-10-15)21-22-19(14-25-21)13-20(24)23(3)16(2)17-7-5-4-6-8-17/h4-12,14,16H,13H2,1-3H3. The highest BCUT2D eigenvalue weighted by atomic mass is 32.1. The number of nitrogens with zero attached hydrogens (tertiary/aromatic N) is 2. The third-order valence-corrected chi connectivity index (χ3v) is 5.38. The number of hydrogen-bond acceptors (Lipinski definition) is 3. The van der Waals surface area contributed by atoms with Crippen LogP contribution in [0.4, 0.5) is 0 Å². The molecule has 0 aliphatic heterocycles. The van der Waals surface area contributed by atoms with Crippen molar-refractivity contribution in [3.63, 3.8) is 0 Å². The molecule has 3 nitrogen and oxygen atoms in total. The fraction of sp³-hybridized carbons (Fsp3) is 0.238. The lowest BCUT2D eigenvalue weighted by Gasteiger charge is -2.25. The maximum atomic E-state index is 12.6. The molecule has 0 radical (unpaired) electrons. The largest absolute Gasteiger partial charge is 0.339 e. The highest BCUT2D eigenvalue weighted by Gasteiger charge is 2.18. The van der Waals surface area contributed by atoms with Crippen LogP contribution in [0.3, 0.4) is 0 Å². The molecular weight excluding hydrogens is 328 g/mol. The predicted molar refractivity (Wildman–Crippen MR) is 104 cm³/mol. The summed E-state index contributed by atoms with van der Waals surface area (Å²) in [6.45, 7) is 4.12. The summed E-state index contributed by atoms with van der Waals surface area (Å²) in [6.07, 6.45) is 0.329. The molecule has 0 bridgehead atoms. The number of hydrogen-bond donors (Lipinski definition) is 0. The van der Waals surface area contributed by atoms with Gasteiger partial charge in [0.25, 0.3) is 0 Å². The zero-order chi connectivity index (χ0) is 17.8. The van der Waals surface area contributed by atoms with E-state index in [0.29, 0.717) is 6.42 Å². The van der Waals surface area contributed by atoms with Gasteiger partial charge in [-0.25, -0.2) is 4.98 Å². The van der Waals surface area contributed by atoms with Crippen molar-refractivity contribution in [2.75, 3.05) is 7.05 Å². The van der Waals surface area contributed by atoms with E-state index in [0.717, 1.165) is 21.8 Å². The zero-order valence-electron chi connectivity index (χ0n) is 14.8. The SMILES string of the molecule is Cc1ccc(-c2nc(CC(=O)N(C)C(C)c3ccccc3)cs2)cc1. The molecule has 2 aromatic carbocycles. The summed E-state index contributed by atoms with van der Waals surface area (Å²) in [4.78, 5) is 19.0. The molecule has 3 aromatic rings. The topological polar surface area (TPSA) is 33.2 Å². The number of thiazole rings is 1. The van der Waals surface area contributed by atoms with Crippen LogP contribution in [0.1, 0.15) is 29.8 Å². The van der Waals surface area contributed by atoms with Crippen molar-refractivity contribution in [1.29, 1.82) is 0 Å². The second-order valence-electron chi connectivity index (χ2n) is 6.28. The van der Waals surface area contributed by atoms with Crippen LogP contribution in [0.15, 0.2) is 60.0 Å². The van der Waals surface area contributed by atoms with E-state index in [4.69, 9.17) is 0 Å². The fourth-order valence-corrected chi connectivity index (χ4v) is 3.49. The molecule has 0 spiro atoms. The van der Waals surface area contributed by atoms with Gasteiger partial charge in [0.05, 0.1) is 18.2 Å². The Bertz CT molecular complexity index is 840. The van der Waals surface area contributed by atoms with Crippen LogP contribution in [0.25, 0.3) is 10.6 Å². The number of carbonyl (C=O) groups excluding carboxylic acids is 1. The Balaban J connectivity index is 1.68. The second-order valence-corrected chi connectivity index (χ2v) is 7.14. The quantitative estimate of drug-likeness (QED) is 0.657. The van der Waals surface area contributed by atoms with Crippen LogP contribution in [-0.2, 0) is 11.2 Å². The van der Waals surface area contributed by atoms with Crippen molar-refractivity contribution in [2.45, 2.75) is 26.3 Å². The van der Waals surface area contributed by atoms with Crippen molar-refractivity contribution < 1.29 is 4.79 Å². The minimum Gasteiger partial charge on any atom is -0.339 e. The van der Waals surface area contributed by atoms with Gasteiger partial charge in [0.15, 0.2) is 0 Å². The highest BCUT2D eigenvalue weighted by molar-refractivity contribution is 7.13.